The van der Waals surface area contributed by atoms with Crippen molar-refractivity contribution in [3.05, 3.63) is 59.7 Å². The first-order valence-electron chi connectivity index (χ1n) is 9.62. The number of aryl methyl sites for hydroxylation is 1. The Balaban J connectivity index is 2.12. The first-order valence-corrected chi connectivity index (χ1v) is 11.3. The molecule has 156 valence electrons. The van der Waals surface area contributed by atoms with E-state index in [-0.39, 0.29) is 12.3 Å². The maximum Gasteiger partial charge on any atom is 0.242 e. The number of sulfone groups is 1. The first kappa shape index (κ1) is 22.6. The van der Waals surface area contributed by atoms with Gasteiger partial charge in [-0.3, -0.25) is 9.59 Å². The number of carbonyl (C=O) groups excluding carboxylic acids is 2. The lowest BCUT2D eigenvalue weighted by Crippen LogP contribution is -2.39. The van der Waals surface area contributed by atoms with Crippen molar-refractivity contribution in [3.63, 3.8) is 0 Å². The van der Waals surface area contributed by atoms with E-state index in [1.807, 2.05) is 39.0 Å². The second kappa shape index (κ2) is 9.69. The Morgan fingerprint density at radius 1 is 1.00 bits per heavy atom. The molecule has 0 fully saturated rings. The number of amides is 2. The van der Waals surface area contributed by atoms with Gasteiger partial charge in [0.2, 0.25) is 11.8 Å². The first-order chi connectivity index (χ1) is 13.6. The van der Waals surface area contributed by atoms with Gasteiger partial charge in [-0.1, -0.05) is 51.1 Å². The predicted octanol–water partition coefficient (Wildman–Crippen LogP) is 3.89. The summed E-state index contributed by atoms with van der Waals surface area (Å²) in [6.07, 6.45) is 0.0791. The van der Waals surface area contributed by atoms with Crippen LogP contribution in [0.3, 0.4) is 0 Å². The number of anilines is 2. The van der Waals surface area contributed by atoms with Crippen molar-refractivity contribution in [2.45, 2.75) is 45.3 Å². The van der Waals surface area contributed by atoms with Crippen molar-refractivity contribution >= 4 is 33.0 Å². The molecule has 0 aliphatic heterocycles. The Morgan fingerprint density at radius 3 is 2.31 bits per heavy atom. The van der Waals surface area contributed by atoms with Gasteiger partial charge in [-0.25, -0.2) is 8.42 Å². The minimum absolute atomic E-state index is 0.0791. The Morgan fingerprint density at radius 2 is 1.69 bits per heavy atom. The maximum absolute atomic E-state index is 12.8. The summed E-state index contributed by atoms with van der Waals surface area (Å²) in [5.41, 5.74) is 2.98. The van der Waals surface area contributed by atoms with Crippen LogP contribution < -0.4 is 10.6 Å². The van der Waals surface area contributed by atoms with E-state index < -0.39 is 32.7 Å². The number of benzene rings is 2. The van der Waals surface area contributed by atoms with Crippen LogP contribution in [-0.2, 0) is 19.4 Å². The van der Waals surface area contributed by atoms with Crippen LogP contribution >= 0.6 is 0 Å². The van der Waals surface area contributed by atoms with Crippen molar-refractivity contribution in [1.29, 1.82) is 0 Å². The Kier molecular flexibility index (Phi) is 7.56. The third kappa shape index (κ3) is 6.15. The molecule has 2 amide bonds. The summed E-state index contributed by atoms with van der Waals surface area (Å²) in [6.45, 7) is 7.48. The summed E-state index contributed by atoms with van der Waals surface area (Å²) in [5.74, 6) is -1.87. The number of nitrogens with one attached hydrogen (secondary N) is 2. The van der Waals surface area contributed by atoms with Crippen molar-refractivity contribution in [2.24, 2.45) is 0 Å². The fraction of sp³-hybridized carbons (Fsp3) is 0.364. The Labute approximate surface area is 172 Å². The third-order valence-electron chi connectivity index (χ3n) is 4.57. The molecule has 2 N–H and O–H groups in total. The van der Waals surface area contributed by atoms with Gasteiger partial charge in [0.25, 0.3) is 0 Å². The van der Waals surface area contributed by atoms with Crippen LogP contribution in [0.5, 0.6) is 0 Å². The molecule has 0 aromatic heterocycles. The Bertz CT molecular complexity index is 984. The zero-order valence-electron chi connectivity index (χ0n) is 17.2. The van der Waals surface area contributed by atoms with Gasteiger partial charge < -0.3 is 10.6 Å². The van der Waals surface area contributed by atoms with Crippen LogP contribution in [0.25, 0.3) is 0 Å². The van der Waals surface area contributed by atoms with Gasteiger partial charge in [-0.05, 0) is 48.6 Å². The number of rotatable bonds is 8. The molecule has 6 nitrogen and oxygen atoms in total. The SMILES string of the molecule is CCC(C(=O)Nc1ccccc1C(C)C)S(=O)(=O)CC(=O)Nc1cccc(C)c1. The molecule has 0 radical (unpaired) electrons. The highest BCUT2D eigenvalue weighted by Gasteiger charge is 2.33. The molecule has 0 heterocycles. The lowest BCUT2D eigenvalue weighted by atomic mass is 10.0. The molecule has 2 aromatic rings. The van der Waals surface area contributed by atoms with E-state index in [2.05, 4.69) is 10.6 Å². The molecule has 1 atom stereocenters. The van der Waals surface area contributed by atoms with E-state index in [1.165, 1.54) is 0 Å². The van der Waals surface area contributed by atoms with Crippen LogP contribution in [0.1, 0.15) is 44.2 Å². The number of para-hydroxylation sites is 1. The largest absolute Gasteiger partial charge is 0.325 e. The van der Waals surface area contributed by atoms with E-state index in [4.69, 9.17) is 0 Å². The van der Waals surface area contributed by atoms with Crippen LogP contribution in [0.2, 0.25) is 0 Å². The van der Waals surface area contributed by atoms with E-state index in [0.29, 0.717) is 11.4 Å². The minimum atomic E-state index is -3.98. The van der Waals surface area contributed by atoms with Crippen molar-refractivity contribution < 1.29 is 18.0 Å². The van der Waals surface area contributed by atoms with Crippen molar-refractivity contribution in [1.82, 2.24) is 0 Å². The van der Waals surface area contributed by atoms with Crippen LogP contribution in [0, 0.1) is 6.92 Å². The fourth-order valence-corrected chi connectivity index (χ4v) is 4.66. The normalized spacial score (nSPS) is 12.4. The molecule has 0 aliphatic carbocycles. The van der Waals surface area contributed by atoms with Gasteiger partial charge in [0.05, 0.1) is 0 Å². The standard InChI is InChI=1S/C22H28N2O4S/c1-5-20(22(26)24-19-12-7-6-11-18(19)15(2)3)29(27,28)14-21(25)23-17-10-8-9-16(4)13-17/h6-13,15,20H,5,14H2,1-4H3,(H,23,25)(H,24,26). The molecule has 2 aromatic carbocycles. The number of hydrogen-bond donors (Lipinski definition) is 2. The number of hydrogen-bond acceptors (Lipinski definition) is 4. The van der Waals surface area contributed by atoms with E-state index in [9.17, 15) is 18.0 Å². The van der Waals surface area contributed by atoms with Crippen LogP contribution in [-0.4, -0.2) is 31.2 Å². The van der Waals surface area contributed by atoms with Crippen LogP contribution in [0.4, 0.5) is 11.4 Å². The molecular weight excluding hydrogens is 388 g/mol. The van der Waals surface area contributed by atoms with Gasteiger partial charge in [-0.15, -0.1) is 0 Å². The summed E-state index contributed by atoms with van der Waals surface area (Å²) in [7, 11) is -3.98. The Hall–Kier alpha value is -2.67. The van der Waals surface area contributed by atoms with E-state index >= 15 is 0 Å². The lowest BCUT2D eigenvalue weighted by Gasteiger charge is -2.18. The summed E-state index contributed by atoms with van der Waals surface area (Å²) >= 11 is 0. The predicted molar refractivity (Wildman–Crippen MR) is 117 cm³/mol. The van der Waals surface area contributed by atoms with Gasteiger partial charge >= 0.3 is 0 Å². The van der Waals surface area contributed by atoms with E-state index in [0.717, 1.165) is 11.1 Å². The highest BCUT2D eigenvalue weighted by molar-refractivity contribution is 7.93. The van der Waals surface area contributed by atoms with Gasteiger partial charge in [-0.2, -0.15) is 0 Å². The fourth-order valence-electron chi connectivity index (χ4n) is 3.13. The van der Waals surface area contributed by atoms with E-state index in [1.54, 1.807) is 37.3 Å². The average Bonchev–Trinajstić information content (AvgIpc) is 2.61. The highest BCUT2D eigenvalue weighted by Crippen LogP contribution is 2.24. The van der Waals surface area contributed by atoms with Gasteiger partial charge in [0.15, 0.2) is 9.84 Å². The lowest BCUT2D eigenvalue weighted by molar-refractivity contribution is -0.115. The topological polar surface area (TPSA) is 92.3 Å². The molecule has 29 heavy (non-hydrogen) atoms. The summed E-state index contributed by atoms with van der Waals surface area (Å²) < 4.78 is 25.5. The molecule has 0 spiro atoms. The van der Waals surface area contributed by atoms with Crippen molar-refractivity contribution in [3.8, 4) is 0 Å². The second-order valence-electron chi connectivity index (χ2n) is 7.35. The third-order valence-corrected chi connectivity index (χ3v) is 6.65. The molecule has 1 unspecified atom stereocenters. The van der Waals surface area contributed by atoms with Crippen molar-refractivity contribution in [2.75, 3.05) is 16.4 Å². The average molecular weight is 417 g/mol. The molecule has 2 rings (SSSR count). The quantitative estimate of drug-likeness (QED) is 0.683. The molecule has 0 saturated heterocycles. The van der Waals surface area contributed by atoms with Crippen LogP contribution in [0.15, 0.2) is 48.5 Å². The summed E-state index contributed by atoms with van der Waals surface area (Å²) in [4.78, 5) is 25.0. The smallest absolute Gasteiger partial charge is 0.242 e. The maximum atomic E-state index is 12.8. The minimum Gasteiger partial charge on any atom is -0.325 e. The molecule has 7 heteroatoms. The summed E-state index contributed by atoms with van der Waals surface area (Å²) in [5, 5.41) is 4.01. The highest BCUT2D eigenvalue weighted by atomic mass is 32.2. The van der Waals surface area contributed by atoms with Gasteiger partial charge in [0, 0.05) is 11.4 Å². The summed E-state index contributed by atoms with van der Waals surface area (Å²) in [6, 6.07) is 14.4. The zero-order valence-corrected chi connectivity index (χ0v) is 18.0. The number of carbonyl (C=O) groups is 2. The molecular formula is C22H28N2O4S. The molecule has 0 saturated carbocycles. The van der Waals surface area contributed by atoms with Gasteiger partial charge in [0.1, 0.15) is 11.0 Å². The monoisotopic (exact) mass is 416 g/mol. The second-order valence-corrected chi connectivity index (χ2v) is 9.54. The molecule has 0 bridgehead atoms. The molecule has 0 aliphatic rings. The zero-order chi connectivity index (χ0) is 21.6.